The first kappa shape index (κ1) is 22.7. The number of benzene rings is 2. The molecule has 10 nitrogen and oxygen atoms in total. The van der Waals surface area contributed by atoms with Gasteiger partial charge in [0, 0.05) is 6.54 Å². The minimum absolute atomic E-state index is 0.0638. The Hall–Kier alpha value is -3.44. The lowest BCUT2D eigenvalue weighted by atomic mass is 10.3. The summed E-state index contributed by atoms with van der Waals surface area (Å²) in [6, 6.07) is 14.6. The average Bonchev–Trinajstić information content (AvgIpc) is 3.24. The van der Waals surface area contributed by atoms with Gasteiger partial charge < -0.3 is 9.30 Å². The third kappa shape index (κ3) is 4.83. The molecule has 0 spiro atoms. The molecule has 0 saturated heterocycles. The predicted molar refractivity (Wildman–Crippen MR) is 122 cm³/mol. The fraction of sp³-hybridized carbons (Fsp3) is 0.318. The molecule has 2 aromatic heterocycles. The molecule has 0 saturated carbocycles. The van der Waals surface area contributed by atoms with Crippen LogP contribution in [-0.4, -0.2) is 52.5 Å². The zero-order chi connectivity index (χ0) is 23.6. The summed E-state index contributed by atoms with van der Waals surface area (Å²) in [6.07, 6.45) is 0.998. The number of carbonyl (C=O) groups excluding carboxylic acids is 1. The van der Waals surface area contributed by atoms with Crippen LogP contribution < -0.4 is 5.69 Å². The van der Waals surface area contributed by atoms with Gasteiger partial charge in [-0.3, -0.25) is 18.1 Å². The molecule has 11 heteroatoms. The summed E-state index contributed by atoms with van der Waals surface area (Å²) in [6.45, 7) is 2.04. The molecule has 174 valence electrons. The number of hydrogen-bond donors (Lipinski definition) is 0. The Morgan fingerprint density at radius 2 is 1.61 bits per heavy atom. The van der Waals surface area contributed by atoms with Crippen LogP contribution in [0.25, 0.3) is 22.1 Å². The second-order valence-corrected chi connectivity index (χ2v) is 9.09. The van der Waals surface area contributed by atoms with Crippen LogP contribution in [0.15, 0.2) is 53.3 Å². The van der Waals surface area contributed by atoms with Gasteiger partial charge in [-0.05, 0) is 31.2 Å². The quantitative estimate of drug-likeness (QED) is 0.269. The summed E-state index contributed by atoms with van der Waals surface area (Å²) in [4.78, 5) is 30.0. The third-order valence-electron chi connectivity index (χ3n) is 5.16. The lowest BCUT2D eigenvalue weighted by Gasteiger charge is -2.10. The highest BCUT2D eigenvalue weighted by atomic mass is 32.2. The van der Waals surface area contributed by atoms with Crippen molar-refractivity contribution >= 4 is 38.2 Å². The van der Waals surface area contributed by atoms with E-state index in [-0.39, 0.29) is 38.5 Å². The summed E-state index contributed by atoms with van der Waals surface area (Å²) < 4.78 is 37.5. The van der Waals surface area contributed by atoms with Gasteiger partial charge in [-0.1, -0.05) is 24.3 Å². The van der Waals surface area contributed by atoms with Crippen molar-refractivity contribution in [3.63, 3.8) is 0 Å². The van der Waals surface area contributed by atoms with Crippen LogP contribution in [-0.2, 0) is 43.5 Å². The summed E-state index contributed by atoms with van der Waals surface area (Å²) in [5, 5.41) is 0. The van der Waals surface area contributed by atoms with E-state index in [1.807, 2.05) is 34.9 Å². The van der Waals surface area contributed by atoms with Crippen LogP contribution >= 0.6 is 0 Å². The average molecular weight is 473 g/mol. The Balaban J connectivity index is 1.76. The zero-order valence-corrected chi connectivity index (χ0v) is 19.1. The molecule has 4 rings (SSSR count). The second-order valence-electron chi connectivity index (χ2n) is 7.44. The lowest BCUT2D eigenvalue weighted by molar-refractivity contribution is -0.143. The Morgan fingerprint density at radius 3 is 2.27 bits per heavy atom. The largest absolute Gasteiger partial charge is 0.465 e. The molecule has 0 unspecified atom stereocenters. The molecule has 0 aliphatic carbocycles. The van der Waals surface area contributed by atoms with E-state index in [9.17, 15) is 18.0 Å². The van der Waals surface area contributed by atoms with E-state index in [0.717, 1.165) is 17.3 Å². The molecule has 0 aliphatic rings. The van der Waals surface area contributed by atoms with E-state index >= 15 is 0 Å². The topological polar surface area (TPSA) is 114 Å². The monoisotopic (exact) mass is 472 g/mol. The number of rotatable bonds is 9. The summed E-state index contributed by atoms with van der Waals surface area (Å²) >= 11 is 0. The summed E-state index contributed by atoms with van der Waals surface area (Å²) in [7, 11) is -3.59. The van der Waals surface area contributed by atoms with E-state index in [0.29, 0.717) is 16.9 Å². The second kappa shape index (κ2) is 9.20. The van der Waals surface area contributed by atoms with Gasteiger partial charge in [0.05, 0.1) is 48.1 Å². The van der Waals surface area contributed by atoms with Gasteiger partial charge in [0.1, 0.15) is 12.4 Å². The maximum Gasteiger partial charge on any atom is 0.330 e. The first-order chi connectivity index (χ1) is 15.8. The highest BCUT2D eigenvalue weighted by Gasteiger charge is 2.19. The number of esters is 1. The SMILES string of the molecule is CCOC(=O)Cn1c(=O)n(Cc2nc3ccccc3n2CCOS(C)(=O)=O)c2ccccc21. The van der Waals surface area contributed by atoms with Gasteiger partial charge in [0.15, 0.2) is 0 Å². The van der Waals surface area contributed by atoms with Gasteiger partial charge in [0.2, 0.25) is 0 Å². The first-order valence-corrected chi connectivity index (χ1v) is 12.2. The number of hydrogen-bond acceptors (Lipinski definition) is 7. The molecular weight excluding hydrogens is 448 g/mol. The van der Waals surface area contributed by atoms with E-state index in [1.54, 1.807) is 29.7 Å². The van der Waals surface area contributed by atoms with Crippen molar-refractivity contribution in [2.45, 2.75) is 26.6 Å². The van der Waals surface area contributed by atoms with Crippen molar-refractivity contribution in [3.05, 3.63) is 64.8 Å². The van der Waals surface area contributed by atoms with E-state index < -0.39 is 16.1 Å². The smallest absolute Gasteiger partial charge is 0.330 e. The van der Waals surface area contributed by atoms with Gasteiger partial charge in [-0.25, -0.2) is 9.78 Å². The molecule has 2 heterocycles. The Labute approximate surface area is 190 Å². The molecule has 0 radical (unpaired) electrons. The molecule has 0 amide bonds. The zero-order valence-electron chi connectivity index (χ0n) is 18.3. The highest BCUT2D eigenvalue weighted by molar-refractivity contribution is 7.85. The molecule has 0 N–H and O–H groups in total. The van der Waals surface area contributed by atoms with Gasteiger partial charge in [-0.15, -0.1) is 0 Å². The van der Waals surface area contributed by atoms with Gasteiger partial charge in [-0.2, -0.15) is 8.42 Å². The molecule has 0 bridgehead atoms. The standard InChI is InChI=1S/C22H24N4O6S/c1-3-31-21(27)15-26-19-11-7-6-10-18(19)25(22(26)28)14-20-23-16-8-4-5-9-17(16)24(20)12-13-32-33(2,29)30/h4-11H,3,12-15H2,1-2H3. The van der Waals surface area contributed by atoms with Crippen molar-refractivity contribution in [1.82, 2.24) is 18.7 Å². The van der Waals surface area contributed by atoms with Crippen LogP contribution in [0, 0.1) is 0 Å². The Morgan fingerprint density at radius 1 is 0.970 bits per heavy atom. The van der Waals surface area contributed by atoms with Crippen LogP contribution in [0.2, 0.25) is 0 Å². The van der Waals surface area contributed by atoms with E-state index in [4.69, 9.17) is 8.92 Å². The predicted octanol–water partition coefficient (Wildman–Crippen LogP) is 1.74. The molecule has 0 aliphatic heterocycles. The maximum atomic E-state index is 13.3. The van der Waals surface area contributed by atoms with Crippen LogP contribution in [0.4, 0.5) is 0 Å². The van der Waals surface area contributed by atoms with Crippen molar-refractivity contribution in [2.75, 3.05) is 19.5 Å². The first-order valence-electron chi connectivity index (χ1n) is 10.4. The molecule has 0 fully saturated rings. The summed E-state index contributed by atoms with van der Waals surface area (Å²) in [5.41, 5.74) is 2.41. The molecule has 0 atom stereocenters. The number of aromatic nitrogens is 4. The Bertz CT molecular complexity index is 1480. The summed E-state index contributed by atoms with van der Waals surface area (Å²) in [5.74, 6) is 0.0714. The minimum atomic E-state index is -3.59. The lowest BCUT2D eigenvalue weighted by Crippen LogP contribution is -2.29. The van der Waals surface area contributed by atoms with E-state index in [1.165, 1.54) is 4.57 Å². The molecule has 33 heavy (non-hydrogen) atoms. The third-order valence-corrected chi connectivity index (χ3v) is 5.76. The van der Waals surface area contributed by atoms with Gasteiger partial charge in [0.25, 0.3) is 10.1 Å². The number of carbonyl (C=O) groups is 1. The van der Waals surface area contributed by atoms with E-state index in [2.05, 4.69) is 4.98 Å². The minimum Gasteiger partial charge on any atom is -0.465 e. The number of nitrogens with zero attached hydrogens (tertiary/aromatic N) is 4. The molecule has 4 aromatic rings. The number of imidazole rings is 2. The number of fused-ring (bicyclic) bond motifs is 2. The van der Waals surface area contributed by atoms with Crippen molar-refractivity contribution in [1.29, 1.82) is 0 Å². The maximum absolute atomic E-state index is 13.3. The van der Waals surface area contributed by atoms with Crippen LogP contribution in [0.5, 0.6) is 0 Å². The van der Waals surface area contributed by atoms with Crippen molar-refractivity contribution in [2.24, 2.45) is 0 Å². The van der Waals surface area contributed by atoms with Crippen molar-refractivity contribution < 1.29 is 22.1 Å². The number of ether oxygens (including phenoxy) is 1. The fourth-order valence-corrected chi connectivity index (χ4v) is 4.21. The highest BCUT2D eigenvalue weighted by Crippen LogP contribution is 2.19. The van der Waals surface area contributed by atoms with Crippen molar-refractivity contribution in [3.8, 4) is 0 Å². The normalized spacial score (nSPS) is 11.9. The molecule has 2 aromatic carbocycles. The number of para-hydroxylation sites is 4. The van der Waals surface area contributed by atoms with Crippen LogP contribution in [0.1, 0.15) is 12.7 Å². The van der Waals surface area contributed by atoms with Gasteiger partial charge >= 0.3 is 11.7 Å². The van der Waals surface area contributed by atoms with Crippen LogP contribution in [0.3, 0.4) is 0 Å². The molecular formula is C22H24N4O6S. The Kier molecular flexibility index (Phi) is 6.34. The fourth-order valence-electron chi connectivity index (χ4n) is 3.83.